The van der Waals surface area contributed by atoms with Crippen molar-refractivity contribution in [3.63, 3.8) is 0 Å². The predicted molar refractivity (Wildman–Crippen MR) is 225 cm³/mol. The number of hydrogen-bond donors (Lipinski definition) is 0. The largest absolute Gasteiger partial charge is 0.242 e. The van der Waals surface area contributed by atoms with Crippen molar-refractivity contribution in [2.75, 3.05) is 0 Å². The molecule has 0 fully saturated rings. The van der Waals surface area contributed by atoms with Gasteiger partial charge in [0.2, 0.25) is 0 Å². The zero-order valence-electron chi connectivity index (χ0n) is 32.3. The van der Waals surface area contributed by atoms with Gasteiger partial charge in [0.1, 0.15) is 27.2 Å². The van der Waals surface area contributed by atoms with Gasteiger partial charge in [0.25, 0.3) is 0 Å². The summed E-state index contributed by atoms with van der Waals surface area (Å²) in [7, 11) is -4.08. The summed E-state index contributed by atoms with van der Waals surface area (Å²) in [5.74, 6) is 7.78. The van der Waals surface area contributed by atoms with Crippen LogP contribution in [-0.4, -0.2) is 26.1 Å². The van der Waals surface area contributed by atoms with Crippen LogP contribution in [0.3, 0.4) is 0 Å². The lowest BCUT2D eigenvalue weighted by Gasteiger charge is -2.38. The molecule has 0 saturated carbocycles. The number of rotatable bonds is 6. The molecule has 5 aromatic carbocycles. The van der Waals surface area contributed by atoms with Gasteiger partial charge in [0.15, 0.2) is 0 Å². The van der Waals surface area contributed by atoms with E-state index in [1.165, 1.54) is 10.8 Å². The highest BCUT2D eigenvalue weighted by atomic mass is 28.3. The molecule has 0 aliphatic carbocycles. The Kier molecular flexibility index (Phi) is 9.77. The summed E-state index contributed by atoms with van der Waals surface area (Å²) in [6.07, 6.45) is 0. The van der Waals surface area contributed by atoms with Crippen molar-refractivity contribution in [1.29, 1.82) is 0 Å². The third-order valence-electron chi connectivity index (χ3n) is 12.0. The molecule has 256 valence electrons. The van der Waals surface area contributed by atoms with Gasteiger partial charge in [-0.1, -0.05) is 168 Å². The van der Waals surface area contributed by atoms with Gasteiger partial charge < -0.3 is 0 Å². The van der Waals surface area contributed by atoms with Gasteiger partial charge in [-0.15, -0.1) is 11.1 Å². The van der Waals surface area contributed by atoms with Gasteiger partial charge in [-0.05, 0) is 44.0 Å². The van der Waals surface area contributed by atoms with Crippen LogP contribution in [0.2, 0.25) is 33.2 Å². The molecule has 0 bridgehead atoms. The minimum absolute atomic E-state index is 0.529. The molecule has 0 saturated heterocycles. The Morgan fingerprint density at radius 1 is 0.360 bits per heavy atom. The molecule has 0 radical (unpaired) electrons. The molecule has 1 heterocycles. The summed E-state index contributed by atoms with van der Waals surface area (Å²) in [5, 5.41) is 6.89. The molecule has 0 amide bonds. The minimum Gasteiger partial charge on any atom is -0.242 e. The maximum absolute atomic E-state index is 5.65. The van der Waals surface area contributed by atoms with Crippen molar-refractivity contribution in [3.8, 4) is 22.9 Å². The first kappa shape index (κ1) is 35.8. The molecule has 6 aromatic rings. The third-order valence-corrected chi connectivity index (χ3v) is 24.6. The number of nitrogens with zero attached hydrogens (tertiary/aromatic N) is 2. The second kappa shape index (κ2) is 13.6. The zero-order valence-corrected chi connectivity index (χ0v) is 34.3. The summed E-state index contributed by atoms with van der Waals surface area (Å²) in [4.78, 5) is 11.3. The second-order valence-corrected chi connectivity index (χ2v) is 27.5. The molecule has 4 heteroatoms. The van der Waals surface area contributed by atoms with Gasteiger partial charge in [0.05, 0.1) is 22.2 Å². The Morgan fingerprint density at radius 3 is 0.900 bits per heavy atom. The Labute approximate surface area is 302 Å². The van der Waals surface area contributed by atoms with Crippen molar-refractivity contribution in [3.05, 3.63) is 83.9 Å². The Bertz CT molecular complexity index is 2160. The number of fused-ring (bicyclic) bond motifs is 8. The molecule has 1 aromatic heterocycles. The molecular formula is C46H54N2Si2. The Hall–Kier alpha value is -3.97. The minimum atomic E-state index is -2.04. The molecule has 0 N–H and O–H groups in total. The number of aromatic nitrogens is 2. The molecule has 50 heavy (non-hydrogen) atoms. The van der Waals surface area contributed by atoms with Crippen molar-refractivity contribution < 1.29 is 0 Å². The Morgan fingerprint density at radius 2 is 0.620 bits per heavy atom. The van der Waals surface area contributed by atoms with Crippen LogP contribution in [0.5, 0.6) is 0 Å². The van der Waals surface area contributed by atoms with Crippen LogP contribution in [-0.2, 0) is 0 Å². The summed E-state index contributed by atoms with van der Waals surface area (Å²) in [6.45, 7) is 28.6. The van der Waals surface area contributed by atoms with E-state index in [2.05, 4.69) is 179 Å². The highest BCUT2D eigenvalue weighted by Crippen LogP contribution is 2.43. The molecule has 0 unspecified atom stereocenters. The lowest BCUT2D eigenvalue weighted by Crippen LogP contribution is -2.43. The quantitative estimate of drug-likeness (QED) is 0.0752. The van der Waals surface area contributed by atoms with Gasteiger partial charge in [-0.3, -0.25) is 0 Å². The van der Waals surface area contributed by atoms with Gasteiger partial charge in [-0.2, -0.15) is 0 Å². The van der Waals surface area contributed by atoms with Gasteiger partial charge >= 0.3 is 0 Å². The fourth-order valence-electron chi connectivity index (χ4n) is 9.64. The van der Waals surface area contributed by atoms with E-state index in [1.807, 2.05) is 0 Å². The molecule has 0 aliphatic rings. The molecule has 0 spiro atoms. The van der Waals surface area contributed by atoms with Crippen LogP contribution in [0.1, 0.15) is 94.2 Å². The third kappa shape index (κ3) is 5.57. The van der Waals surface area contributed by atoms with E-state index in [0.717, 1.165) is 54.7 Å². The first-order valence-corrected chi connectivity index (χ1v) is 23.3. The number of benzene rings is 5. The van der Waals surface area contributed by atoms with E-state index in [0.29, 0.717) is 33.2 Å². The van der Waals surface area contributed by atoms with Crippen LogP contribution >= 0.6 is 0 Å². The Balaban J connectivity index is 1.86. The van der Waals surface area contributed by atoms with Crippen molar-refractivity contribution >= 4 is 70.5 Å². The molecule has 0 atom stereocenters. The second-order valence-electron chi connectivity index (χ2n) is 16.3. The van der Waals surface area contributed by atoms with Crippen LogP contribution < -0.4 is 0 Å². The van der Waals surface area contributed by atoms with Crippen LogP contribution in [0.15, 0.2) is 72.8 Å². The topological polar surface area (TPSA) is 25.8 Å². The summed E-state index contributed by atoms with van der Waals surface area (Å²) in [6, 6.07) is 26.0. The predicted octanol–water partition coefficient (Wildman–Crippen LogP) is 13.4. The molecule has 6 rings (SSSR count). The lowest BCUT2D eigenvalue weighted by molar-refractivity contribution is 0.838. The molecule has 0 aliphatic heterocycles. The van der Waals surface area contributed by atoms with Crippen LogP contribution in [0, 0.1) is 22.9 Å². The average Bonchev–Trinajstić information content (AvgIpc) is 3.07. The van der Waals surface area contributed by atoms with E-state index in [4.69, 9.17) is 9.97 Å². The van der Waals surface area contributed by atoms with Crippen molar-refractivity contribution in [2.24, 2.45) is 0 Å². The lowest BCUT2D eigenvalue weighted by atomic mass is 9.96. The first-order chi connectivity index (χ1) is 23.8. The highest BCUT2D eigenvalue weighted by Gasteiger charge is 2.43. The van der Waals surface area contributed by atoms with Gasteiger partial charge in [-0.25, -0.2) is 9.97 Å². The summed E-state index contributed by atoms with van der Waals surface area (Å²) < 4.78 is 0. The number of hydrogen-bond acceptors (Lipinski definition) is 2. The van der Waals surface area contributed by atoms with E-state index in [-0.39, 0.29) is 0 Å². The van der Waals surface area contributed by atoms with Crippen LogP contribution in [0.25, 0.3) is 54.4 Å². The standard InChI is InChI=1S/C46H54N2Si2/c1-29(2)49(30(3)4,31(5)6)27-25-41-37-21-13-14-22-38(37)42(26-28-50(32(7)8,33(9)10)34(11)12)46-45(41)47-43-39-23-17-15-19-35(39)36-20-16-18-24-40(36)44(43)48-46/h13-24,29-34H,1-12H3. The SMILES string of the molecule is CC(C)[Si](C#Cc1c2ccccc2c(C#C[Si](C(C)C)(C(C)C)C(C)C)c2nc3c4ccccc4c4ccccc4c3nc12)(C(C)C)C(C)C. The molecule has 2 nitrogen and oxygen atoms in total. The van der Waals surface area contributed by atoms with Crippen molar-refractivity contribution in [1.82, 2.24) is 9.97 Å². The van der Waals surface area contributed by atoms with E-state index in [1.54, 1.807) is 0 Å². The first-order valence-electron chi connectivity index (χ1n) is 18.8. The maximum atomic E-state index is 5.65. The summed E-state index contributed by atoms with van der Waals surface area (Å²) in [5.41, 5.74) is 16.9. The fourth-order valence-corrected chi connectivity index (χ4v) is 20.1. The monoisotopic (exact) mass is 690 g/mol. The maximum Gasteiger partial charge on any atom is 0.146 e. The average molecular weight is 691 g/mol. The van der Waals surface area contributed by atoms with Crippen molar-refractivity contribution in [2.45, 2.75) is 116 Å². The highest BCUT2D eigenvalue weighted by molar-refractivity contribution is 6.91. The normalized spacial score (nSPS) is 12.8. The van der Waals surface area contributed by atoms with Crippen LogP contribution in [0.4, 0.5) is 0 Å². The van der Waals surface area contributed by atoms with E-state index in [9.17, 15) is 0 Å². The summed E-state index contributed by atoms with van der Waals surface area (Å²) >= 11 is 0. The van der Waals surface area contributed by atoms with Gasteiger partial charge in [0, 0.05) is 21.5 Å². The molecular weight excluding hydrogens is 637 g/mol. The van der Waals surface area contributed by atoms with E-state index < -0.39 is 16.1 Å². The van der Waals surface area contributed by atoms with E-state index >= 15 is 0 Å². The fraction of sp³-hybridized carbons (Fsp3) is 0.391. The smallest absolute Gasteiger partial charge is 0.146 e. The zero-order chi connectivity index (χ0) is 36.1.